The number of benzene rings is 1. The lowest BCUT2D eigenvalue weighted by Gasteiger charge is -2.20. The Morgan fingerprint density at radius 3 is 2.73 bits per heavy atom. The second-order valence-corrected chi connectivity index (χ2v) is 8.07. The number of hydrogen-bond acceptors (Lipinski definition) is 6. The summed E-state index contributed by atoms with van der Waals surface area (Å²) in [4.78, 5) is 34.8. The maximum atomic E-state index is 12.1. The number of nitrogen functional groups attached to an aromatic ring is 1. The number of aryl methyl sites for hydroxylation is 1. The third-order valence-corrected chi connectivity index (χ3v) is 5.50. The maximum absolute atomic E-state index is 12.1. The van der Waals surface area contributed by atoms with Gasteiger partial charge in [-0.2, -0.15) is 0 Å². The standard InChI is InChI=1S/C21H26BrN5O3/c1-4-9-26(13(2)28)12-17-25-19-20(27(17)10-5-6-18(29)30-3)15-8-7-14(22)11-16(15)24-21(19)23/h7-8,11H,4-6,9-10,12H2,1-3H3,(H2,23,24). The van der Waals surface area contributed by atoms with Gasteiger partial charge in [0.15, 0.2) is 5.82 Å². The van der Waals surface area contributed by atoms with E-state index in [1.807, 2.05) is 25.1 Å². The quantitative estimate of drug-likeness (QED) is 0.498. The number of fused-ring (bicyclic) bond motifs is 3. The number of methoxy groups -OCH3 is 1. The lowest BCUT2D eigenvalue weighted by Crippen LogP contribution is -2.30. The second kappa shape index (κ2) is 9.42. The Hall–Kier alpha value is -2.68. The number of carbonyl (C=O) groups is 2. The van der Waals surface area contributed by atoms with Crippen LogP contribution in [0.5, 0.6) is 0 Å². The molecule has 0 atom stereocenters. The molecule has 0 saturated carbocycles. The summed E-state index contributed by atoms with van der Waals surface area (Å²) < 4.78 is 7.73. The average Bonchev–Trinajstić information content (AvgIpc) is 3.06. The van der Waals surface area contributed by atoms with Crippen molar-refractivity contribution in [2.45, 2.75) is 46.2 Å². The third kappa shape index (κ3) is 4.56. The van der Waals surface area contributed by atoms with Gasteiger partial charge in [0.05, 0.1) is 24.7 Å². The number of nitrogens with zero attached hydrogens (tertiary/aromatic N) is 4. The first-order valence-electron chi connectivity index (χ1n) is 9.91. The van der Waals surface area contributed by atoms with Gasteiger partial charge in [0, 0.05) is 36.3 Å². The summed E-state index contributed by atoms with van der Waals surface area (Å²) in [7, 11) is 1.38. The molecule has 2 heterocycles. The van der Waals surface area contributed by atoms with Crippen molar-refractivity contribution in [3.05, 3.63) is 28.5 Å². The molecule has 1 aromatic carbocycles. The van der Waals surface area contributed by atoms with Gasteiger partial charge in [-0.15, -0.1) is 0 Å². The number of pyridine rings is 1. The molecular formula is C21H26BrN5O3. The minimum absolute atomic E-state index is 0.00935. The third-order valence-electron chi connectivity index (χ3n) is 5.01. The topological polar surface area (TPSA) is 103 Å². The number of imidazole rings is 1. The number of amides is 1. The number of esters is 1. The molecule has 9 heteroatoms. The molecule has 2 N–H and O–H groups in total. The molecule has 2 aromatic heterocycles. The van der Waals surface area contributed by atoms with Gasteiger partial charge >= 0.3 is 5.97 Å². The highest BCUT2D eigenvalue weighted by Crippen LogP contribution is 2.31. The van der Waals surface area contributed by atoms with Crippen LogP contribution in [0.1, 0.15) is 38.9 Å². The van der Waals surface area contributed by atoms with E-state index in [4.69, 9.17) is 15.5 Å². The van der Waals surface area contributed by atoms with E-state index in [9.17, 15) is 9.59 Å². The monoisotopic (exact) mass is 475 g/mol. The zero-order valence-electron chi connectivity index (χ0n) is 17.4. The second-order valence-electron chi connectivity index (χ2n) is 7.16. The molecule has 3 aromatic rings. The predicted octanol–water partition coefficient (Wildman–Crippen LogP) is 3.64. The van der Waals surface area contributed by atoms with Crippen LogP contribution >= 0.6 is 15.9 Å². The molecular weight excluding hydrogens is 450 g/mol. The molecule has 160 valence electrons. The molecule has 0 fully saturated rings. The Bertz CT molecular complexity index is 1100. The molecule has 3 rings (SSSR count). The first-order chi connectivity index (χ1) is 14.3. The van der Waals surface area contributed by atoms with Crippen molar-refractivity contribution in [3.63, 3.8) is 0 Å². The fraction of sp³-hybridized carbons (Fsp3) is 0.429. The van der Waals surface area contributed by atoms with Crippen molar-refractivity contribution in [3.8, 4) is 0 Å². The molecule has 0 aliphatic carbocycles. The number of hydrogen-bond donors (Lipinski definition) is 1. The van der Waals surface area contributed by atoms with Gasteiger partial charge in [-0.3, -0.25) is 9.59 Å². The SMILES string of the molecule is CCCN(Cc1nc2c(N)nc3cc(Br)ccc3c2n1CCCC(=O)OC)C(C)=O. The Kier molecular flexibility index (Phi) is 6.91. The lowest BCUT2D eigenvalue weighted by molar-refractivity contribution is -0.140. The first-order valence-corrected chi connectivity index (χ1v) is 10.7. The zero-order chi connectivity index (χ0) is 21.8. The minimum Gasteiger partial charge on any atom is -0.469 e. The highest BCUT2D eigenvalue weighted by atomic mass is 79.9. The summed E-state index contributed by atoms with van der Waals surface area (Å²) in [6.45, 7) is 5.15. The normalized spacial score (nSPS) is 11.2. The Balaban J connectivity index is 2.14. The van der Waals surface area contributed by atoms with Crippen LogP contribution in [0.25, 0.3) is 21.9 Å². The van der Waals surface area contributed by atoms with Gasteiger partial charge in [0.1, 0.15) is 11.3 Å². The molecule has 0 aliphatic heterocycles. The smallest absolute Gasteiger partial charge is 0.305 e. The van der Waals surface area contributed by atoms with Crippen LogP contribution in [-0.2, 0) is 27.4 Å². The molecule has 8 nitrogen and oxygen atoms in total. The van der Waals surface area contributed by atoms with Gasteiger partial charge in [0.2, 0.25) is 5.91 Å². The van der Waals surface area contributed by atoms with Crippen molar-refractivity contribution in [2.75, 3.05) is 19.4 Å². The van der Waals surface area contributed by atoms with Gasteiger partial charge < -0.3 is 19.9 Å². The van der Waals surface area contributed by atoms with Crippen molar-refractivity contribution in [1.29, 1.82) is 0 Å². The summed E-state index contributed by atoms with van der Waals surface area (Å²) in [5.74, 6) is 0.799. The molecule has 1 amide bonds. The molecule has 0 saturated heterocycles. The number of rotatable bonds is 8. The van der Waals surface area contributed by atoms with Crippen molar-refractivity contribution in [1.82, 2.24) is 19.4 Å². The van der Waals surface area contributed by atoms with Crippen molar-refractivity contribution in [2.24, 2.45) is 0 Å². The maximum Gasteiger partial charge on any atom is 0.305 e. The average molecular weight is 476 g/mol. The van der Waals surface area contributed by atoms with Gasteiger partial charge in [-0.1, -0.05) is 22.9 Å². The van der Waals surface area contributed by atoms with Crippen LogP contribution in [0.15, 0.2) is 22.7 Å². The summed E-state index contributed by atoms with van der Waals surface area (Å²) >= 11 is 3.48. The predicted molar refractivity (Wildman–Crippen MR) is 120 cm³/mol. The lowest BCUT2D eigenvalue weighted by atomic mass is 10.2. The summed E-state index contributed by atoms with van der Waals surface area (Å²) in [5, 5.41) is 0.920. The Morgan fingerprint density at radius 2 is 2.07 bits per heavy atom. The van der Waals surface area contributed by atoms with Crippen LogP contribution in [0, 0.1) is 0 Å². The van der Waals surface area contributed by atoms with Crippen molar-refractivity contribution >= 4 is 55.6 Å². The van der Waals surface area contributed by atoms with E-state index in [1.165, 1.54) is 7.11 Å². The summed E-state index contributed by atoms with van der Waals surface area (Å²) in [6, 6.07) is 5.84. The van der Waals surface area contributed by atoms with Crippen LogP contribution in [0.4, 0.5) is 5.82 Å². The molecule has 0 radical (unpaired) electrons. The van der Waals surface area contributed by atoms with Gasteiger partial charge in [-0.25, -0.2) is 9.97 Å². The number of aromatic nitrogens is 3. The summed E-state index contributed by atoms with van der Waals surface area (Å²) in [5.41, 5.74) is 8.48. The van der Waals surface area contributed by atoms with E-state index in [0.29, 0.717) is 43.8 Å². The van der Waals surface area contributed by atoms with Crippen LogP contribution in [-0.4, -0.2) is 45.0 Å². The molecule has 0 bridgehead atoms. The fourth-order valence-electron chi connectivity index (χ4n) is 3.56. The zero-order valence-corrected chi connectivity index (χ0v) is 19.0. The number of nitrogens with two attached hydrogens (primary N) is 1. The summed E-state index contributed by atoms with van der Waals surface area (Å²) in [6.07, 6.45) is 1.73. The van der Waals surface area contributed by atoms with Crippen LogP contribution in [0.3, 0.4) is 0 Å². The molecule has 0 spiro atoms. The van der Waals surface area contributed by atoms with E-state index in [0.717, 1.165) is 33.1 Å². The fourth-order valence-corrected chi connectivity index (χ4v) is 3.91. The number of carbonyl (C=O) groups excluding carboxylic acids is 2. The van der Waals surface area contributed by atoms with E-state index in [1.54, 1.807) is 11.8 Å². The molecule has 0 aliphatic rings. The first kappa shape index (κ1) is 22.0. The Labute approximate surface area is 183 Å². The van der Waals surface area contributed by atoms with Gasteiger partial charge in [0.25, 0.3) is 0 Å². The number of halogens is 1. The largest absolute Gasteiger partial charge is 0.469 e. The number of ether oxygens (including phenoxy) is 1. The van der Waals surface area contributed by atoms with E-state index < -0.39 is 0 Å². The van der Waals surface area contributed by atoms with Gasteiger partial charge in [-0.05, 0) is 31.0 Å². The Morgan fingerprint density at radius 1 is 1.30 bits per heavy atom. The van der Waals surface area contributed by atoms with E-state index in [-0.39, 0.29) is 11.9 Å². The minimum atomic E-state index is -0.257. The number of anilines is 1. The van der Waals surface area contributed by atoms with Crippen molar-refractivity contribution < 1.29 is 14.3 Å². The van der Waals surface area contributed by atoms with Crippen LogP contribution < -0.4 is 5.73 Å². The molecule has 0 unspecified atom stereocenters. The molecule has 30 heavy (non-hydrogen) atoms. The van der Waals surface area contributed by atoms with E-state index >= 15 is 0 Å². The highest BCUT2D eigenvalue weighted by Gasteiger charge is 2.20. The van der Waals surface area contributed by atoms with E-state index in [2.05, 4.69) is 25.5 Å². The van der Waals surface area contributed by atoms with Crippen LogP contribution in [0.2, 0.25) is 0 Å². The highest BCUT2D eigenvalue weighted by molar-refractivity contribution is 9.10.